The largest absolute Gasteiger partial charge is 0.444 e. The van der Waals surface area contributed by atoms with Gasteiger partial charge in [-0.2, -0.15) is 5.26 Å². The van der Waals surface area contributed by atoms with E-state index < -0.39 is 11.5 Å². The van der Waals surface area contributed by atoms with Crippen molar-refractivity contribution in [2.45, 2.75) is 25.9 Å². The van der Waals surface area contributed by atoms with E-state index in [2.05, 4.69) is 16.4 Å². The van der Waals surface area contributed by atoms with Gasteiger partial charge in [-0.05, 0) is 31.0 Å². The van der Waals surface area contributed by atoms with Gasteiger partial charge < -0.3 is 4.74 Å². The minimum Gasteiger partial charge on any atom is -0.444 e. The summed E-state index contributed by atoms with van der Waals surface area (Å²) in [5, 5.41) is 11.6. The van der Waals surface area contributed by atoms with E-state index in [0.29, 0.717) is 5.82 Å². The summed E-state index contributed by atoms with van der Waals surface area (Å²) in [6, 6.07) is 15.0. The molecule has 1 heterocycles. The highest BCUT2D eigenvalue weighted by atomic mass is 16.5. The lowest BCUT2D eigenvalue weighted by Crippen LogP contribution is -2.16. The molecule has 1 amide bonds. The second kappa shape index (κ2) is 6.72. The Morgan fingerprint density at radius 2 is 2.00 bits per heavy atom. The smallest absolute Gasteiger partial charge is 0.413 e. The number of nitrogens with zero attached hydrogens (tertiary/aromatic N) is 2. The third-order valence-electron chi connectivity index (χ3n) is 3.21. The molecule has 5 nitrogen and oxygen atoms in total. The Hall–Kier alpha value is -2.87. The third kappa shape index (κ3) is 4.06. The summed E-state index contributed by atoms with van der Waals surface area (Å²) in [7, 11) is 0. The van der Waals surface area contributed by atoms with Gasteiger partial charge in [-0.25, -0.2) is 9.78 Å². The van der Waals surface area contributed by atoms with Crippen LogP contribution in [0.1, 0.15) is 25.0 Å². The number of amides is 1. The molecule has 0 bridgehead atoms. The number of carbonyl (C=O) groups is 1. The molecule has 112 valence electrons. The first-order chi connectivity index (χ1) is 10.5. The van der Waals surface area contributed by atoms with Crippen molar-refractivity contribution in [3.63, 3.8) is 0 Å². The van der Waals surface area contributed by atoms with Crippen LogP contribution in [0.3, 0.4) is 0 Å². The predicted molar refractivity (Wildman–Crippen MR) is 83.1 cm³/mol. The third-order valence-corrected chi connectivity index (χ3v) is 3.21. The normalized spacial score (nSPS) is 10.6. The summed E-state index contributed by atoms with van der Waals surface area (Å²) >= 11 is 0. The Morgan fingerprint density at radius 3 is 2.59 bits per heavy atom. The van der Waals surface area contributed by atoms with E-state index in [9.17, 15) is 4.79 Å². The van der Waals surface area contributed by atoms with Crippen molar-refractivity contribution in [2.75, 3.05) is 5.32 Å². The molecule has 0 aliphatic carbocycles. The standard InChI is InChI=1S/C17H17N3O2/c1-17(2,12-18)14-8-9-15(19-10-14)20-16(21)22-11-13-6-4-3-5-7-13/h3-10H,11H2,1-2H3,(H,19,20,21). The zero-order valence-electron chi connectivity index (χ0n) is 12.5. The van der Waals surface area contributed by atoms with Crippen molar-refractivity contribution >= 4 is 11.9 Å². The first-order valence-electron chi connectivity index (χ1n) is 6.87. The average molecular weight is 295 g/mol. The fraction of sp³-hybridized carbons (Fsp3) is 0.235. The quantitative estimate of drug-likeness (QED) is 0.934. The first-order valence-corrected chi connectivity index (χ1v) is 6.87. The van der Waals surface area contributed by atoms with E-state index in [4.69, 9.17) is 10.00 Å². The molecule has 0 spiro atoms. The second-order valence-corrected chi connectivity index (χ2v) is 5.36. The Balaban J connectivity index is 1.91. The molecule has 0 saturated heterocycles. The molecule has 0 radical (unpaired) electrons. The van der Waals surface area contributed by atoms with Crippen molar-refractivity contribution in [1.29, 1.82) is 5.26 Å². The lowest BCUT2D eigenvalue weighted by molar-refractivity contribution is 0.155. The van der Waals surface area contributed by atoms with Crippen LogP contribution >= 0.6 is 0 Å². The van der Waals surface area contributed by atoms with Crippen LogP contribution in [0.5, 0.6) is 0 Å². The Bertz CT molecular complexity index is 673. The van der Waals surface area contributed by atoms with Crippen LogP contribution in [-0.4, -0.2) is 11.1 Å². The average Bonchev–Trinajstić information content (AvgIpc) is 2.54. The van der Waals surface area contributed by atoms with Gasteiger partial charge in [0.15, 0.2) is 0 Å². The van der Waals surface area contributed by atoms with Crippen LogP contribution in [0.4, 0.5) is 10.6 Å². The number of ether oxygens (including phenoxy) is 1. The van der Waals surface area contributed by atoms with E-state index in [0.717, 1.165) is 11.1 Å². The highest BCUT2D eigenvalue weighted by molar-refractivity contribution is 5.83. The predicted octanol–water partition coefficient (Wildman–Crippen LogP) is 3.63. The number of nitriles is 1. The van der Waals surface area contributed by atoms with Crippen molar-refractivity contribution in [3.05, 3.63) is 59.8 Å². The molecule has 0 aliphatic heterocycles. The first kappa shape index (κ1) is 15.5. The van der Waals surface area contributed by atoms with Crippen LogP contribution in [0.15, 0.2) is 48.7 Å². The lowest BCUT2D eigenvalue weighted by Gasteiger charge is -2.15. The van der Waals surface area contributed by atoms with E-state index in [-0.39, 0.29) is 6.61 Å². The molecule has 0 atom stereocenters. The number of pyridine rings is 1. The maximum absolute atomic E-state index is 11.7. The zero-order chi connectivity index (χ0) is 16.0. The van der Waals surface area contributed by atoms with Crippen molar-refractivity contribution in [1.82, 2.24) is 4.98 Å². The molecule has 1 aromatic heterocycles. The number of nitrogens with one attached hydrogen (secondary N) is 1. The molecule has 0 saturated carbocycles. The van der Waals surface area contributed by atoms with Crippen molar-refractivity contribution < 1.29 is 9.53 Å². The van der Waals surface area contributed by atoms with Crippen molar-refractivity contribution in [2.24, 2.45) is 0 Å². The van der Waals surface area contributed by atoms with Gasteiger partial charge in [-0.15, -0.1) is 0 Å². The van der Waals surface area contributed by atoms with E-state index in [1.54, 1.807) is 18.3 Å². The van der Waals surface area contributed by atoms with Gasteiger partial charge in [0.1, 0.15) is 12.4 Å². The Labute approximate surface area is 129 Å². The maximum Gasteiger partial charge on any atom is 0.413 e. The van der Waals surface area contributed by atoms with Gasteiger partial charge >= 0.3 is 6.09 Å². The summed E-state index contributed by atoms with van der Waals surface area (Å²) in [6.07, 6.45) is 1.01. The number of carbonyl (C=O) groups excluding carboxylic acids is 1. The minimum absolute atomic E-state index is 0.201. The van der Waals surface area contributed by atoms with Crippen LogP contribution < -0.4 is 5.32 Å². The summed E-state index contributed by atoms with van der Waals surface area (Å²) in [6.45, 7) is 3.82. The monoisotopic (exact) mass is 295 g/mol. The Kier molecular flexibility index (Phi) is 4.74. The molecular formula is C17H17N3O2. The van der Waals surface area contributed by atoms with E-state index in [1.807, 2.05) is 44.2 Å². The van der Waals surface area contributed by atoms with Gasteiger partial charge in [0.2, 0.25) is 0 Å². The topological polar surface area (TPSA) is 75.0 Å². The summed E-state index contributed by atoms with van der Waals surface area (Å²) in [5.74, 6) is 0.385. The Morgan fingerprint density at radius 1 is 1.27 bits per heavy atom. The molecule has 0 aliphatic rings. The van der Waals surface area contributed by atoms with Crippen LogP contribution in [0.2, 0.25) is 0 Å². The molecule has 22 heavy (non-hydrogen) atoms. The molecule has 0 fully saturated rings. The number of anilines is 1. The second-order valence-electron chi connectivity index (χ2n) is 5.36. The molecule has 1 N–H and O–H groups in total. The lowest BCUT2D eigenvalue weighted by atomic mass is 9.88. The number of aromatic nitrogens is 1. The van der Waals surface area contributed by atoms with Gasteiger partial charge in [0, 0.05) is 6.20 Å². The molecule has 1 aromatic carbocycles. The summed E-state index contributed by atoms with van der Waals surface area (Å²) < 4.78 is 5.11. The summed E-state index contributed by atoms with van der Waals surface area (Å²) in [5.41, 5.74) is 1.09. The molecule has 5 heteroatoms. The number of hydrogen-bond donors (Lipinski definition) is 1. The number of hydrogen-bond acceptors (Lipinski definition) is 4. The van der Waals surface area contributed by atoms with Crippen LogP contribution in [0.25, 0.3) is 0 Å². The zero-order valence-corrected chi connectivity index (χ0v) is 12.5. The highest BCUT2D eigenvalue weighted by Gasteiger charge is 2.20. The molecule has 0 unspecified atom stereocenters. The fourth-order valence-corrected chi connectivity index (χ4v) is 1.77. The highest BCUT2D eigenvalue weighted by Crippen LogP contribution is 2.22. The molecular weight excluding hydrogens is 278 g/mol. The van der Waals surface area contributed by atoms with E-state index in [1.165, 1.54) is 0 Å². The van der Waals surface area contributed by atoms with Crippen molar-refractivity contribution in [3.8, 4) is 6.07 Å². The SMILES string of the molecule is CC(C)(C#N)c1ccc(NC(=O)OCc2ccccc2)nc1. The van der Waals surface area contributed by atoms with Gasteiger partial charge in [0.25, 0.3) is 0 Å². The van der Waals surface area contributed by atoms with E-state index >= 15 is 0 Å². The van der Waals surface area contributed by atoms with Crippen LogP contribution in [0, 0.1) is 11.3 Å². The molecule has 2 aromatic rings. The summed E-state index contributed by atoms with van der Waals surface area (Å²) in [4.78, 5) is 15.8. The van der Waals surface area contributed by atoms with Gasteiger partial charge in [-0.1, -0.05) is 36.4 Å². The van der Waals surface area contributed by atoms with Gasteiger partial charge in [0.05, 0.1) is 11.5 Å². The molecule has 2 rings (SSSR count). The van der Waals surface area contributed by atoms with Crippen LogP contribution in [-0.2, 0) is 16.8 Å². The number of rotatable bonds is 4. The van der Waals surface area contributed by atoms with Gasteiger partial charge in [-0.3, -0.25) is 5.32 Å². The number of benzene rings is 1. The maximum atomic E-state index is 11.7. The fourth-order valence-electron chi connectivity index (χ4n) is 1.77. The minimum atomic E-state index is -0.612.